The van der Waals surface area contributed by atoms with Gasteiger partial charge >= 0.3 is 0 Å². The van der Waals surface area contributed by atoms with Gasteiger partial charge in [0.1, 0.15) is 0 Å². The fourth-order valence-corrected chi connectivity index (χ4v) is 2.34. The Bertz CT molecular complexity index is 340. The molecule has 0 saturated heterocycles. The largest absolute Gasteiger partial charge is 0.391 e. The summed E-state index contributed by atoms with van der Waals surface area (Å²) in [6, 6.07) is 0.223. The van der Waals surface area contributed by atoms with Gasteiger partial charge in [-0.2, -0.15) is 4.98 Å². The molecule has 1 aromatic heterocycles. The first kappa shape index (κ1) is 11.5. The van der Waals surface area contributed by atoms with E-state index in [1.807, 2.05) is 14.0 Å². The van der Waals surface area contributed by atoms with Crippen LogP contribution in [-0.4, -0.2) is 39.3 Å². The lowest BCUT2D eigenvalue weighted by molar-refractivity contribution is 0.0248. The lowest BCUT2D eigenvalue weighted by atomic mass is 9.91. The van der Waals surface area contributed by atoms with E-state index in [1.165, 1.54) is 6.42 Å². The third-order valence-electron chi connectivity index (χ3n) is 3.21. The van der Waals surface area contributed by atoms with E-state index in [-0.39, 0.29) is 12.1 Å². The number of nitrogens with zero attached hydrogens (tertiary/aromatic N) is 3. The fraction of sp³-hybridized carbons (Fsp3) is 0.818. The first-order valence-corrected chi connectivity index (χ1v) is 5.84. The summed E-state index contributed by atoms with van der Waals surface area (Å²) < 4.78 is 5.08. The molecule has 2 unspecified atom stereocenters. The van der Waals surface area contributed by atoms with Gasteiger partial charge in [-0.25, -0.2) is 0 Å². The van der Waals surface area contributed by atoms with E-state index in [4.69, 9.17) is 4.52 Å². The number of likely N-dealkylation sites (N-methyl/N-ethyl adjacent to an activating group) is 1. The number of hydrogen-bond donors (Lipinski definition) is 1. The average Bonchev–Trinajstić information content (AvgIpc) is 2.64. The van der Waals surface area contributed by atoms with E-state index in [9.17, 15) is 5.11 Å². The van der Waals surface area contributed by atoms with Crippen molar-refractivity contribution < 1.29 is 9.63 Å². The highest BCUT2D eigenvalue weighted by atomic mass is 16.5. The molecule has 1 aliphatic rings. The van der Waals surface area contributed by atoms with Gasteiger partial charge in [0.2, 0.25) is 5.89 Å². The molecule has 0 aromatic carbocycles. The monoisotopic (exact) mass is 225 g/mol. The molecule has 1 aromatic rings. The second-order valence-electron chi connectivity index (χ2n) is 4.57. The SMILES string of the molecule is Cc1noc(CN(C)C2CCCCC2O)n1. The quantitative estimate of drug-likeness (QED) is 0.835. The van der Waals surface area contributed by atoms with Crippen molar-refractivity contribution in [1.82, 2.24) is 15.0 Å². The van der Waals surface area contributed by atoms with E-state index in [0.29, 0.717) is 18.3 Å². The Morgan fingerprint density at radius 2 is 2.19 bits per heavy atom. The third-order valence-corrected chi connectivity index (χ3v) is 3.21. The van der Waals surface area contributed by atoms with Crippen LogP contribution in [0.1, 0.15) is 37.4 Å². The summed E-state index contributed by atoms with van der Waals surface area (Å²) in [5.41, 5.74) is 0. The zero-order valence-electron chi connectivity index (χ0n) is 9.89. The zero-order valence-corrected chi connectivity index (χ0v) is 9.89. The minimum atomic E-state index is -0.220. The van der Waals surface area contributed by atoms with E-state index in [2.05, 4.69) is 15.0 Å². The highest BCUT2D eigenvalue weighted by Crippen LogP contribution is 2.23. The molecule has 0 spiro atoms. The first-order valence-electron chi connectivity index (χ1n) is 5.84. The van der Waals surface area contributed by atoms with Crippen LogP contribution in [0.3, 0.4) is 0 Å². The van der Waals surface area contributed by atoms with Crippen LogP contribution in [0.15, 0.2) is 4.52 Å². The number of aliphatic hydroxyl groups is 1. The molecule has 90 valence electrons. The van der Waals surface area contributed by atoms with E-state index in [1.54, 1.807) is 0 Å². The zero-order chi connectivity index (χ0) is 11.5. The summed E-state index contributed by atoms with van der Waals surface area (Å²) in [5.74, 6) is 1.28. The molecule has 1 saturated carbocycles. The lowest BCUT2D eigenvalue weighted by Crippen LogP contribution is -2.42. The maximum Gasteiger partial charge on any atom is 0.240 e. The summed E-state index contributed by atoms with van der Waals surface area (Å²) in [6.07, 6.45) is 4.05. The van der Waals surface area contributed by atoms with Gasteiger partial charge in [0.05, 0.1) is 12.6 Å². The molecule has 0 radical (unpaired) electrons. The molecule has 0 bridgehead atoms. The molecule has 0 aliphatic heterocycles. The van der Waals surface area contributed by atoms with Crippen LogP contribution in [0.25, 0.3) is 0 Å². The second kappa shape index (κ2) is 4.93. The van der Waals surface area contributed by atoms with Crippen LogP contribution in [0.5, 0.6) is 0 Å². The first-order chi connectivity index (χ1) is 7.66. The van der Waals surface area contributed by atoms with Crippen LogP contribution >= 0.6 is 0 Å². The molecule has 5 heteroatoms. The lowest BCUT2D eigenvalue weighted by Gasteiger charge is -2.34. The third kappa shape index (κ3) is 2.59. The number of hydrogen-bond acceptors (Lipinski definition) is 5. The van der Waals surface area contributed by atoms with Crippen molar-refractivity contribution in [2.75, 3.05) is 7.05 Å². The average molecular weight is 225 g/mol. The molecule has 1 N–H and O–H groups in total. The normalized spacial score (nSPS) is 26.2. The Morgan fingerprint density at radius 3 is 2.81 bits per heavy atom. The van der Waals surface area contributed by atoms with Gasteiger partial charge in [0.15, 0.2) is 5.82 Å². The van der Waals surface area contributed by atoms with Gasteiger partial charge < -0.3 is 9.63 Å². The van der Waals surface area contributed by atoms with Crippen molar-refractivity contribution in [3.05, 3.63) is 11.7 Å². The van der Waals surface area contributed by atoms with Crippen molar-refractivity contribution in [2.45, 2.75) is 51.3 Å². The number of aromatic nitrogens is 2. The molecule has 5 nitrogen and oxygen atoms in total. The predicted octanol–water partition coefficient (Wildman–Crippen LogP) is 1.11. The van der Waals surface area contributed by atoms with Crippen molar-refractivity contribution in [3.8, 4) is 0 Å². The van der Waals surface area contributed by atoms with Crippen LogP contribution < -0.4 is 0 Å². The van der Waals surface area contributed by atoms with Gasteiger partial charge in [-0.1, -0.05) is 18.0 Å². The Balaban J connectivity index is 1.93. The van der Waals surface area contributed by atoms with Gasteiger partial charge in [-0.15, -0.1) is 0 Å². The van der Waals surface area contributed by atoms with E-state index < -0.39 is 0 Å². The Kier molecular flexibility index (Phi) is 3.56. The van der Waals surface area contributed by atoms with Gasteiger partial charge in [0, 0.05) is 6.04 Å². The molecular weight excluding hydrogens is 206 g/mol. The van der Waals surface area contributed by atoms with Crippen LogP contribution in [0.4, 0.5) is 0 Å². The molecule has 2 atom stereocenters. The molecule has 2 rings (SSSR count). The van der Waals surface area contributed by atoms with Crippen LogP contribution in [0.2, 0.25) is 0 Å². The molecular formula is C11H19N3O2. The van der Waals surface area contributed by atoms with E-state index >= 15 is 0 Å². The molecule has 0 amide bonds. The maximum absolute atomic E-state index is 9.91. The van der Waals surface area contributed by atoms with Crippen molar-refractivity contribution in [2.24, 2.45) is 0 Å². The standard InChI is InChI=1S/C11H19N3O2/c1-8-12-11(16-13-8)7-14(2)9-5-3-4-6-10(9)15/h9-10,15H,3-7H2,1-2H3. The molecule has 16 heavy (non-hydrogen) atoms. The van der Waals surface area contributed by atoms with Crippen molar-refractivity contribution in [3.63, 3.8) is 0 Å². The minimum Gasteiger partial charge on any atom is -0.391 e. The highest BCUT2D eigenvalue weighted by Gasteiger charge is 2.27. The Labute approximate surface area is 95.4 Å². The highest BCUT2D eigenvalue weighted by molar-refractivity contribution is 4.87. The summed E-state index contributed by atoms with van der Waals surface area (Å²) in [7, 11) is 2.00. The van der Waals surface area contributed by atoms with E-state index in [0.717, 1.165) is 19.3 Å². The summed E-state index contributed by atoms with van der Waals surface area (Å²) >= 11 is 0. The number of aliphatic hydroxyl groups excluding tert-OH is 1. The van der Waals surface area contributed by atoms with Gasteiger partial charge in [-0.3, -0.25) is 4.90 Å². The topological polar surface area (TPSA) is 62.4 Å². The van der Waals surface area contributed by atoms with Crippen molar-refractivity contribution in [1.29, 1.82) is 0 Å². The molecule has 1 aliphatic carbocycles. The summed E-state index contributed by atoms with van der Waals surface area (Å²) in [5, 5.41) is 13.7. The smallest absolute Gasteiger partial charge is 0.240 e. The van der Waals surface area contributed by atoms with Crippen LogP contribution in [0, 0.1) is 6.92 Å². The summed E-state index contributed by atoms with van der Waals surface area (Å²) in [4.78, 5) is 6.28. The van der Waals surface area contributed by atoms with Crippen LogP contribution in [-0.2, 0) is 6.54 Å². The number of aryl methyl sites for hydroxylation is 1. The van der Waals surface area contributed by atoms with Gasteiger partial charge in [-0.05, 0) is 26.8 Å². The second-order valence-corrected chi connectivity index (χ2v) is 4.57. The van der Waals surface area contributed by atoms with Gasteiger partial charge in [0.25, 0.3) is 0 Å². The molecule has 1 heterocycles. The summed E-state index contributed by atoms with van der Waals surface area (Å²) in [6.45, 7) is 2.42. The fourth-order valence-electron chi connectivity index (χ4n) is 2.34. The maximum atomic E-state index is 9.91. The Hall–Kier alpha value is -0.940. The van der Waals surface area contributed by atoms with Crippen molar-refractivity contribution >= 4 is 0 Å². The predicted molar refractivity (Wildman–Crippen MR) is 58.8 cm³/mol. The molecule has 1 fully saturated rings. The minimum absolute atomic E-state index is 0.220. The number of rotatable bonds is 3. The Morgan fingerprint density at radius 1 is 1.44 bits per heavy atom.